The number of hydrogen-bond acceptors (Lipinski definition) is 4. The van der Waals surface area contributed by atoms with Crippen LogP contribution >= 0.6 is 0 Å². The van der Waals surface area contributed by atoms with E-state index in [-0.39, 0.29) is 24.6 Å². The Morgan fingerprint density at radius 3 is 2.38 bits per heavy atom. The molecule has 0 aromatic heterocycles. The van der Waals surface area contributed by atoms with Gasteiger partial charge in [0.15, 0.2) is 12.1 Å². The SMILES string of the molecule is CO[C@@H]1O[C@H](C)C2OC(C)(C)O[C@@H]21. The van der Waals surface area contributed by atoms with Crippen molar-refractivity contribution in [3.8, 4) is 0 Å². The number of ether oxygens (including phenoxy) is 4. The van der Waals surface area contributed by atoms with Gasteiger partial charge in [-0.15, -0.1) is 0 Å². The van der Waals surface area contributed by atoms with Crippen LogP contribution in [0.4, 0.5) is 0 Å². The third-order valence-corrected chi connectivity index (χ3v) is 2.48. The summed E-state index contributed by atoms with van der Waals surface area (Å²) in [5.74, 6) is -0.510. The molecule has 0 aromatic rings. The van der Waals surface area contributed by atoms with Crippen molar-refractivity contribution in [3.05, 3.63) is 0 Å². The van der Waals surface area contributed by atoms with E-state index < -0.39 is 5.79 Å². The van der Waals surface area contributed by atoms with Gasteiger partial charge in [-0.2, -0.15) is 0 Å². The first kappa shape index (κ1) is 9.40. The Bertz CT molecular complexity index is 204. The highest BCUT2D eigenvalue weighted by Crippen LogP contribution is 2.38. The van der Waals surface area contributed by atoms with E-state index in [1.807, 2.05) is 20.8 Å². The first-order chi connectivity index (χ1) is 6.03. The summed E-state index contributed by atoms with van der Waals surface area (Å²) in [4.78, 5) is 0. The van der Waals surface area contributed by atoms with E-state index in [9.17, 15) is 0 Å². The Hall–Kier alpha value is -0.160. The molecule has 0 bridgehead atoms. The first-order valence-corrected chi connectivity index (χ1v) is 4.57. The van der Waals surface area contributed by atoms with E-state index in [1.165, 1.54) is 0 Å². The van der Waals surface area contributed by atoms with Crippen molar-refractivity contribution >= 4 is 0 Å². The lowest BCUT2D eigenvalue weighted by atomic mass is 10.2. The molecule has 0 amide bonds. The summed E-state index contributed by atoms with van der Waals surface area (Å²) in [6, 6.07) is 0. The van der Waals surface area contributed by atoms with Gasteiger partial charge in [-0.3, -0.25) is 0 Å². The van der Waals surface area contributed by atoms with Crippen molar-refractivity contribution in [1.82, 2.24) is 0 Å². The van der Waals surface area contributed by atoms with Crippen LogP contribution < -0.4 is 0 Å². The highest BCUT2D eigenvalue weighted by atomic mass is 16.8. The van der Waals surface area contributed by atoms with Gasteiger partial charge in [-0.25, -0.2) is 0 Å². The van der Waals surface area contributed by atoms with Gasteiger partial charge in [-0.1, -0.05) is 0 Å². The van der Waals surface area contributed by atoms with Crippen molar-refractivity contribution in [3.63, 3.8) is 0 Å². The molecule has 4 heteroatoms. The zero-order chi connectivity index (χ0) is 9.64. The summed E-state index contributed by atoms with van der Waals surface area (Å²) in [6.07, 6.45) is -0.339. The Balaban J connectivity index is 2.12. The monoisotopic (exact) mass is 188 g/mol. The summed E-state index contributed by atoms with van der Waals surface area (Å²) in [7, 11) is 1.62. The summed E-state index contributed by atoms with van der Waals surface area (Å²) in [5.41, 5.74) is 0. The molecule has 2 saturated heterocycles. The third-order valence-electron chi connectivity index (χ3n) is 2.48. The van der Waals surface area contributed by atoms with Crippen LogP contribution in [0.5, 0.6) is 0 Å². The smallest absolute Gasteiger partial charge is 0.186 e. The predicted molar refractivity (Wildman–Crippen MR) is 45.2 cm³/mol. The molecule has 4 atom stereocenters. The molecule has 2 fully saturated rings. The minimum Gasteiger partial charge on any atom is -0.353 e. The van der Waals surface area contributed by atoms with E-state index in [0.29, 0.717) is 0 Å². The zero-order valence-corrected chi connectivity index (χ0v) is 8.44. The maximum Gasteiger partial charge on any atom is 0.186 e. The lowest BCUT2D eigenvalue weighted by Crippen LogP contribution is -2.30. The lowest BCUT2D eigenvalue weighted by Gasteiger charge is -2.22. The Morgan fingerprint density at radius 1 is 1.15 bits per heavy atom. The minimum absolute atomic E-state index is 0.0000463. The molecule has 0 saturated carbocycles. The van der Waals surface area contributed by atoms with Crippen molar-refractivity contribution in [2.75, 3.05) is 7.11 Å². The van der Waals surface area contributed by atoms with Gasteiger partial charge < -0.3 is 18.9 Å². The minimum atomic E-state index is -0.510. The molecule has 0 N–H and O–H groups in total. The maximum atomic E-state index is 5.69. The Kier molecular flexibility index (Phi) is 2.11. The molecule has 0 aromatic carbocycles. The first-order valence-electron chi connectivity index (χ1n) is 4.57. The van der Waals surface area contributed by atoms with Gasteiger partial charge in [-0.05, 0) is 20.8 Å². The molecular formula is C9H16O4. The van der Waals surface area contributed by atoms with Crippen LogP contribution in [-0.4, -0.2) is 37.5 Å². The fourth-order valence-electron chi connectivity index (χ4n) is 1.95. The lowest BCUT2D eigenvalue weighted by molar-refractivity contribution is -0.224. The molecule has 0 aliphatic carbocycles. The van der Waals surface area contributed by atoms with Crippen LogP contribution in [0.25, 0.3) is 0 Å². The van der Waals surface area contributed by atoms with E-state index in [0.717, 1.165) is 0 Å². The van der Waals surface area contributed by atoms with Crippen LogP contribution in [0.2, 0.25) is 0 Å². The predicted octanol–water partition coefficient (Wildman–Crippen LogP) is 0.898. The molecule has 2 rings (SSSR count). The van der Waals surface area contributed by atoms with Crippen LogP contribution in [-0.2, 0) is 18.9 Å². The number of hydrogen-bond donors (Lipinski definition) is 0. The van der Waals surface area contributed by atoms with Crippen LogP contribution in [0.1, 0.15) is 20.8 Å². The standard InChI is InChI=1S/C9H16O4/c1-5-6-7(8(10-4)11-5)13-9(2,3)12-6/h5-8H,1-4H3/t5-,6?,7+,8-/m1/s1. The summed E-state index contributed by atoms with van der Waals surface area (Å²) in [6.45, 7) is 5.79. The van der Waals surface area contributed by atoms with Crippen molar-refractivity contribution in [2.24, 2.45) is 0 Å². The highest BCUT2D eigenvalue weighted by Gasteiger charge is 2.53. The van der Waals surface area contributed by atoms with E-state index in [1.54, 1.807) is 7.11 Å². The molecule has 0 radical (unpaired) electrons. The maximum absolute atomic E-state index is 5.69. The van der Waals surface area contributed by atoms with Gasteiger partial charge in [0.2, 0.25) is 0 Å². The number of methoxy groups -OCH3 is 1. The Labute approximate surface area is 78.1 Å². The average Bonchev–Trinajstić information content (AvgIpc) is 2.47. The van der Waals surface area contributed by atoms with E-state index >= 15 is 0 Å². The van der Waals surface area contributed by atoms with E-state index in [2.05, 4.69) is 0 Å². The molecule has 13 heavy (non-hydrogen) atoms. The third kappa shape index (κ3) is 1.48. The Morgan fingerprint density at radius 2 is 1.77 bits per heavy atom. The van der Waals surface area contributed by atoms with Gasteiger partial charge in [0.25, 0.3) is 0 Å². The number of rotatable bonds is 1. The second kappa shape index (κ2) is 2.92. The summed E-state index contributed by atoms with van der Waals surface area (Å²) < 4.78 is 22.0. The topological polar surface area (TPSA) is 36.9 Å². The largest absolute Gasteiger partial charge is 0.353 e. The van der Waals surface area contributed by atoms with Gasteiger partial charge >= 0.3 is 0 Å². The molecule has 4 nitrogen and oxygen atoms in total. The second-order valence-electron chi connectivity index (χ2n) is 4.01. The highest BCUT2D eigenvalue weighted by molar-refractivity contribution is 4.93. The van der Waals surface area contributed by atoms with Gasteiger partial charge in [0, 0.05) is 7.11 Å². The molecule has 2 aliphatic rings. The average molecular weight is 188 g/mol. The second-order valence-corrected chi connectivity index (χ2v) is 4.01. The van der Waals surface area contributed by atoms with Gasteiger partial charge in [0.05, 0.1) is 6.10 Å². The molecule has 2 aliphatic heterocycles. The molecule has 0 spiro atoms. The van der Waals surface area contributed by atoms with E-state index in [4.69, 9.17) is 18.9 Å². The fraction of sp³-hybridized carbons (Fsp3) is 1.00. The molecular weight excluding hydrogens is 172 g/mol. The summed E-state index contributed by atoms with van der Waals surface area (Å²) in [5, 5.41) is 0. The van der Waals surface area contributed by atoms with Crippen LogP contribution in [0.15, 0.2) is 0 Å². The van der Waals surface area contributed by atoms with Crippen LogP contribution in [0, 0.1) is 0 Å². The fourth-order valence-corrected chi connectivity index (χ4v) is 1.95. The molecule has 76 valence electrons. The van der Waals surface area contributed by atoms with Crippen molar-refractivity contribution in [1.29, 1.82) is 0 Å². The summed E-state index contributed by atoms with van der Waals surface area (Å²) >= 11 is 0. The normalized spacial score (nSPS) is 48.0. The molecule has 2 heterocycles. The quantitative estimate of drug-likeness (QED) is 0.612. The van der Waals surface area contributed by atoms with Gasteiger partial charge in [0.1, 0.15) is 12.2 Å². The van der Waals surface area contributed by atoms with Crippen LogP contribution in [0.3, 0.4) is 0 Å². The molecule has 1 unspecified atom stereocenters. The van der Waals surface area contributed by atoms with Crippen molar-refractivity contribution < 1.29 is 18.9 Å². The van der Waals surface area contributed by atoms with Crippen molar-refractivity contribution in [2.45, 2.75) is 51.2 Å². The zero-order valence-electron chi connectivity index (χ0n) is 8.44. The number of fused-ring (bicyclic) bond motifs is 1.